The zero-order valence-corrected chi connectivity index (χ0v) is 12.5. The highest BCUT2D eigenvalue weighted by Crippen LogP contribution is 2.46. The molecule has 0 aromatic rings. The molecule has 0 spiro atoms. The van der Waals surface area contributed by atoms with Crippen LogP contribution in [-0.4, -0.2) is 19.8 Å². The summed E-state index contributed by atoms with van der Waals surface area (Å²) in [7, 11) is -1.27. The van der Waals surface area contributed by atoms with Gasteiger partial charge >= 0.3 is 0 Å². The van der Waals surface area contributed by atoms with E-state index < -0.39 is 8.07 Å². The average Bonchev–Trinajstić information content (AvgIpc) is 2.17. The molecule has 15 heavy (non-hydrogen) atoms. The molecule has 1 nitrogen and oxygen atoms in total. The average molecular weight is 227 g/mol. The Hall–Kier alpha value is 0.177. The van der Waals surface area contributed by atoms with Crippen molar-refractivity contribution in [3.8, 4) is 0 Å². The maximum Gasteiger partial charge on any atom is 0.0757 e. The van der Waals surface area contributed by atoms with Crippen molar-refractivity contribution in [2.75, 3.05) is 6.54 Å². The lowest BCUT2D eigenvalue weighted by Crippen LogP contribution is -2.68. The first-order valence-corrected chi connectivity index (χ1v) is 9.52. The second-order valence-electron chi connectivity index (χ2n) is 6.69. The molecule has 1 aliphatic heterocycles. The van der Waals surface area contributed by atoms with Gasteiger partial charge in [0.15, 0.2) is 0 Å². The summed E-state index contributed by atoms with van der Waals surface area (Å²) in [5.41, 5.74) is 0. The Morgan fingerprint density at radius 1 is 1.20 bits per heavy atom. The largest absolute Gasteiger partial charge is 0.314 e. The van der Waals surface area contributed by atoms with Gasteiger partial charge in [0.25, 0.3) is 0 Å². The molecule has 1 unspecified atom stereocenters. The molecule has 0 aromatic carbocycles. The Morgan fingerprint density at radius 3 is 2.13 bits per heavy atom. The van der Waals surface area contributed by atoms with Crippen molar-refractivity contribution in [1.29, 1.82) is 0 Å². The van der Waals surface area contributed by atoms with Crippen LogP contribution in [0.3, 0.4) is 0 Å². The summed E-state index contributed by atoms with van der Waals surface area (Å²) in [6, 6.07) is 0. The Labute approximate surface area is 97.0 Å². The molecule has 90 valence electrons. The van der Waals surface area contributed by atoms with Crippen molar-refractivity contribution in [1.82, 2.24) is 5.32 Å². The molecule has 0 aromatic heterocycles. The van der Waals surface area contributed by atoms with Gasteiger partial charge in [-0.15, -0.1) is 0 Å². The molecule has 0 saturated carbocycles. The molecule has 0 bridgehead atoms. The zero-order chi connectivity index (χ0) is 11.7. The maximum absolute atomic E-state index is 3.89. The van der Waals surface area contributed by atoms with Crippen LogP contribution in [0.2, 0.25) is 18.1 Å². The van der Waals surface area contributed by atoms with E-state index in [1.54, 1.807) is 0 Å². The van der Waals surface area contributed by atoms with Gasteiger partial charge in [0.05, 0.1) is 8.07 Å². The third-order valence-corrected chi connectivity index (χ3v) is 12.1. The summed E-state index contributed by atoms with van der Waals surface area (Å²) in [6.45, 7) is 16.1. The smallest absolute Gasteiger partial charge is 0.0757 e. The topological polar surface area (TPSA) is 12.0 Å². The molecule has 0 radical (unpaired) electrons. The van der Waals surface area contributed by atoms with Gasteiger partial charge in [-0.1, -0.05) is 47.2 Å². The van der Waals surface area contributed by atoms with E-state index in [9.17, 15) is 0 Å². The minimum atomic E-state index is -1.27. The van der Waals surface area contributed by atoms with Crippen molar-refractivity contribution in [3.63, 3.8) is 0 Å². The van der Waals surface area contributed by atoms with E-state index in [2.05, 4.69) is 46.1 Å². The van der Waals surface area contributed by atoms with E-state index in [4.69, 9.17) is 0 Å². The minimum Gasteiger partial charge on any atom is -0.314 e. The maximum atomic E-state index is 3.89. The Bertz CT molecular complexity index is 209. The molecule has 1 saturated heterocycles. The quantitative estimate of drug-likeness (QED) is 0.704. The second-order valence-corrected chi connectivity index (χ2v) is 12.4. The number of hydrogen-bond acceptors (Lipinski definition) is 1. The molecule has 2 heteroatoms. The van der Waals surface area contributed by atoms with Crippen molar-refractivity contribution in [3.05, 3.63) is 0 Å². The number of nitrogens with one attached hydrogen (secondary N) is 1. The fraction of sp³-hybridized carbons (Fsp3) is 1.00. The lowest BCUT2D eigenvalue weighted by atomic mass is 10.0. The standard InChI is InChI=1S/C13H29NSi/c1-7-13(10-8-9-11-14-13)15(5,6)12(2,3)4/h14H,7-11H2,1-6H3. The monoisotopic (exact) mass is 227 g/mol. The first-order chi connectivity index (χ1) is 6.77. The highest BCUT2D eigenvalue weighted by molar-refractivity contribution is 6.83. The van der Waals surface area contributed by atoms with Crippen molar-refractivity contribution in [2.24, 2.45) is 0 Å². The van der Waals surface area contributed by atoms with Gasteiger partial charge in [-0.2, -0.15) is 0 Å². The summed E-state index contributed by atoms with van der Waals surface area (Å²) in [4.78, 5) is 0. The van der Waals surface area contributed by atoms with Gasteiger partial charge in [0.1, 0.15) is 0 Å². The van der Waals surface area contributed by atoms with Crippen LogP contribution in [0.15, 0.2) is 0 Å². The third kappa shape index (κ3) is 2.16. The van der Waals surface area contributed by atoms with E-state index in [1.165, 1.54) is 32.2 Å². The van der Waals surface area contributed by atoms with Crippen LogP contribution in [0.1, 0.15) is 53.4 Å². The van der Waals surface area contributed by atoms with Crippen molar-refractivity contribution < 1.29 is 0 Å². The fourth-order valence-corrected chi connectivity index (χ4v) is 6.65. The SMILES string of the molecule is CCC1([Si](C)(C)C(C)(C)C)CCCCN1. The first kappa shape index (κ1) is 13.2. The van der Waals surface area contributed by atoms with Gasteiger partial charge < -0.3 is 5.32 Å². The summed E-state index contributed by atoms with van der Waals surface area (Å²) in [5.74, 6) is 0. The minimum absolute atomic E-state index is 0.490. The van der Waals surface area contributed by atoms with E-state index in [1.807, 2.05) is 0 Å². The molecule has 1 N–H and O–H groups in total. The molecular weight excluding hydrogens is 198 g/mol. The lowest BCUT2D eigenvalue weighted by Gasteiger charge is -2.54. The van der Waals surface area contributed by atoms with Crippen LogP contribution in [0, 0.1) is 0 Å². The van der Waals surface area contributed by atoms with E-state index in [0.717, 1.165) is 0 Å². The Balaban J connectivity index is 2.98. The Morgan fingerprint density at radius 2 is 1.80 bits per heavy atom. The van der Waals surface area contributed by atoms with Gasteiger partial charge in [0.2, 0.25) is 0 Å². The second kappa shape index (κ2) is 4.21. The predicted molar refractivity (Wildman–Crippen MR) is 72.1 cm³/mol. The van der Waals surface area contributed by atoms with Crippen LogP contribution in [-0.2, 0) is 0 Å². The lowest BCUT2D eigenvalue weighted by molar-refractivity contribution is 0.321. The van der Waals surface area contributed by atoms with Gasteiger partial charge in [0, 0.05) is 5.16 Å². The van der Waals surface area contributed by atoms with Crippen LogP contribution in [0.25, 0.3) is 0 Å². The summed E-state index contributed by atoms with van der Waals surface area (Å²) in [6.07, 6.45) is 5.51. The highest BCUT2D eigenvalue weighted by Gasteiger charge is 2.51. The highest BCUT2D eigenvalue weighted by atomic mass is 28.3. The summed E-state index contributed by atoms with van der Waals surface area (Å²) >= 11 is 0. The van der Waals surface area contributed by atoms with E-state index in [-0.39, 0.29) is 0 Å². The molecule has 1 rings (SSSR count). The van der Waals surface area contributed by atoms with Crippen LogP contribution in [0.4, 0.5) is 0 Å². The van der Waals surface area contributed by atoms with E-state index in [0.29, 0.717) is 10.2 Å². The fourth-order valence-electron chi connectivity index (χ4n) is 2.96. The molecule has 1 atom stereocenters. The van der Waals surface area contributed by atoms with Crippen molar-refractivity contribution >= 4 is 8.07 Å². The van der Waals surface area contributed by atoms with Gasteiger partial charge in [-0.25, -0.2) is 0 Å². The van der Waals surface area contributed by atoms with Crippen LogP contribution in [0.5, 0.6) is 0 Å². The summed E-state index contributed by atoms with van der Waals surface area (Å²) < 4.78 is 0. The number of rotatable bonds is 2. The molecule has 1 heterocycles. The number of hydrogen-bond donors (Lipinski definition) is 1. The summed E-state index contributed by atoms with van der Waals surface area (Å²) in [5, 5.41) is 4.87. The molecule has 1 fully saturated rings. The Kier molecular flexibility index (Phi) is 3.72. The molecule has 0 aliphatic carbocycles. The first-order valence-electron chi connectivity index (χ1n) is 6.52. The molecule has 1 aliphatic rings. The molecular formula is C13H29NSi. The van der Waals surface area contributed by atoms with Crippen molar-refractivity contribution in [2.45, 2.75) is 76.7 Å². The molecule has 0 amide bonds. The van der Waals surface area contributed by atoms with Gasteiger partial charge in [-0.05, 0) is 30.8 Å². The number of piperidine rings is 1. The van der Waals surface area contributed by atoms with Crippen LogP contribution < -0.4 is 5.32 Å². The normalized spacial score (nSPS) is 29.2. The zero-order valence-electron chi connectivity index (χ0n) is 11.5. The third-order valence-electron chi connectivity index (χ3n) is 5.17. The van der Waals surface area contributed by atoms with Crippen LogP contribution >= 0.6 is 0 Å². The van der Waals surface area contributed by atoms with Gasteiger partial charge in [-0.3, -0.25) is 0 Å². The predicted octanol–water partition coefficient (Wildman–Crippen LogP) is 3.96. The van der Waals surface area contributed by atoms with E-state index >= 15 is 0 Å².